The van der Waals surface area contributed by atoms with Gasteiger partial charge in [-0.25, -0.2) is 0 Å². The first-order valence-electron chi connectivity index (χ1n) is 10.7. The molecule has 1 aliphatic rings. The summed E-state index contributed by atoms with van der Waals surface area (Å²) in [5.41, 5.74) is 1.76. The maximum absolute atomic E-state index is 13.1. The van der Waals surface area contributed by atoms with Crippen molar-refractivity contribution in [1.29, 1.82) is 0 Å². The number of aliphatic hydroxyl groups excluding tert-OH is 2. The second-order valence-electron chi connectivity index (χ2n) is 7.97. The highest BCUT2D eigenvalue weighted by atomic mass is 16.5. The number of carbonyl (C=O) groups excluding carboxylic acids is 1. The SMILES string of the molecule is CC[C@H]1O[C@@H](c2ccncc2CC(=O)c2cccn(-c3ccccc3)c2=O)C[C@@H](O)[C@@H]1O. The van der Waals surface area contributed by atoms with Crippen LogP contribution in [-0.4, -0.2) is 43.9 Å². The highest BCUT2D eigenvalue weighted by Gasteiger charge is 2.37. The maximum Gasteiger partial charge on any atom is 0.265 e. The van der Waals surface area contributed by atoms with Gasteiger partial charge in [0.15, 0.2) is 5.78 Å². The molecule has 1 aliphatic heterocycles. The molecule has 166 valence electrons. The molecule has 0 spiro atoms. The Morgan fingerprint density at radius 1 is 1.16 bits per heavy atom. The van der Waals surface area contributed by atoms with Gasteiger partial charge in [-0.3, -0.25) is 19.1 Å². The minimum Gasteiger partial charge on any atom is -0.390 e. The number of carbonyl (C=O) groups is 1. The van der Waals surface area contributed by atoms with Crippen LogP contribution in [-0.2, 0) is 11.2 Å². The van der Waals surface area contributed by atoms with E-state index in [1.165, 1.54) is 10.6 Å². The van der Waals surface area contributed by atoms with Gasteiger partial charge in [0, 0.05) is 37.1 Å². The summed E-state index contributed by atoms with van der Waals surface area (Å²) in [6.07, 6.45) is 2.76. The van der Waals surface area contributed by atoms with Crippen LogP contribution in [0, 0.1) is 0 Å². The zero-order valence-electron chi connectivity index (χ0n) is 17.8. The lowest BCUT2D eigenvalue weighted by atomic mass is 9.90. The second-order valence-corrected chi connectivity index (χ2v) is 7.97. The Hall–Kier alpha value is -3.13. The number of aromatic nitrogens is 2. The molecule has 7 nitrogen and oxygen atoms in total. The molecule has 0 radical (unpaired) electrons. The minimum absolute atomic E-state index is 0.0213. The first-order chi connectivity index (χ1) is 15.5. The fourth-order valence-electron chi connectivity index (χ4n) is 4.16. The van der Waals surface area contributed by atoms with Gasteiger partial charge < -0.3 is 14.9 Å². The average molecular weight is 434 g/mol. The molecule has 32 heavy (non-hydrogen) atoms. The summed E-state index contributed by atoms with van der Waals surface area (Å²) < 4.78 is 7.47. The molecule has 2 aromatic heterocycles. The zero-order valence-corrected chi connectivity index (χ0v) is 17.8. The third-order valence-electron chi connectivity index (χ3n) is 5.89. The van der Waals surface area contributed by atoms with Crippen molar-refractivity contribution in [2.75, 3.05) is 0 Å². The van der Waals surface area contributed by atoms with E-state index >= 15 is 0 Å². The third kappa shape index (κ3) is 4.41. The lowest BCUT2D eigenvalue weighted by Gasteiger charge is -2.37. The van der Waals surface area contributed by atoms with Crippen LogP contribution < -0.4 is 5.56 Å². The number of ketones is 1. The van der Waals surface area contributed by atoms with Crippen LogP contribution in [0.15, 0.2) is 71.9 Å². The molecule has 1 aromatic carbocycles. The molecule has 0 bridgehead atoms. The van der Waals surface area contributed by atoms with E-state index in [2.05, 4.69) is 4.98 Å². The number of para-hydroxylation sites is 1. The number of benzene rings is 1. The summed E-state index contributed by atoms with van der Waals surface area (Å²) in [4.78, 5) is 30.3. The smallest absolute Gasteiger partial charge is 0.265 e. The van der Waals surface area contributed by atoms with Gasteiger partial charge in [0.05, 0.1) is 23.9 Å². The number of pyridine rings is 2. The molecule has 1 saturated heterocycles. The monoisotopic (exact) mass is 434 g/mol. The molecule has 0 unspecified atom stereocenters. The average Bonchev–Trinajstić information content (AvgIpc) is 2.82. The van der Waals surface area contributed by atoms with Crippen molar-refractivity contribution in [2.24, 2.45) is 0 Å². The van der Waals surface area contributed by atoms with Crippen LogP contribution in [0.5, 0.6) is 0 Å². The maximum atomic E-state index is 13.1. The molecule has 7 heteroatoms. The van der Waals surface area contributed by atoms with Crippen LogP contribution >= 0.6 is 0 Å². The van der Waals surface area contributed by atoms with Gasteiger partial charge in [0.25, 0.3) is 5.56 Å². The zero-order chi connectivity index (χ0) is 22.7. The van der Waals surface area contributed by atoms with Gasteiger partial charge in [0.2, 0.25) is 0 Å². The molecule has 0 aliphatic carbocycles. The minimum atomic E-state index is -0.941. The fourth-order valence-corrected chi connectivity index (χ4v) is 4.16. The quantitative estimate of drug-likeness (QED) is 0.579. The first kappa shape index (κ1) is 22.1. The van der Waals surface area contributed by atoms with E-state index in [0.717, 1.165) is 5.56 Å². The number of nitrogens with zero attached hydrogens (tertiary/aromatic N) is 2. The summed E-state index contributed by atoms with van der Waals surface area (Å²) in [6, 6.07) is 14.1. The molecule has 3 heterocycles. The van der Waals surface area contributed by atoms with Crippen molar-refractivity contribution in [3.63, 3.8) is 0 Å². The predicted octanol–water partition coefficient (Wildman–Crippen LogP) is 2.62. The van der Waals surface area contributed by atoms with Crippen LogP contribution in [0.4, 0.5) is 0 Å². The molecule has 4 rings (SSSR count). The van der Waals surface area contributed by atoms with Crippen molar-refractivity contribution in [2.45, 2.75) is 50.6 Å². The molecule has 1 fully saturated rings. The van der Waals surface area contributed by atoms with Crippen molar-refractivity contribution in [1.82, 2.24) is 9.55 Å². The van der Waals surface area contributed by atoms with Gasteiger partial charge >= 0.3 is 0 Å². The van der Waals surface area contributed by atoms with E-state index in [-0.39, 0.29) is 29.7 Å². The lowest BCUT2D eigenvalue weighted by molar-refractivity contribution is -0.171. The number of hydrogen-bond donors (Lipinski definition) is 2. The first-order valence-corrected chi connectivity index (χ1v) is 10.7. The molecule has 2 N–H and O–H groups in total. The fraction of sp³-hybridized carbons (Fsp3) is 0.320. The molecule has 0 saturated carbocycles. The third-order valence-corrected chi connectivity index (χ3v) is 5.89. The predicted molar refractivity (Wildman–Crippen MR) is 119 cm³/mol. The van der Waals surface area contributed by atoms with Crippen molar-refractivity contribution >= 4 is 5.78 Å². The summed E-state index contributed by atoms with van der Waals surface area (Å²) >= 11 is 0. The summed E-state index contributed by atoms with van der Waals surface area (Å²) in [5, 5.41) is 20.4. The van der Waals surface area contributed by atoms with E-state index in [4.69, 9.17) is 4.74 Å². The molecule has 0 amide bonds. The molecular weight excluding hydrogens is 408 g/mol. The Labute approximate surface area is 185 Å². The number of aliphatic hydroxyl groups is 2. The van der Waals surface area contributed by atoms with E-state index in [9.17, 15) is 19.8 Å². The Morgan fingerprint density at radius 3 is 2.69 bits per heavy atom. The van der Waals surface area contributed by atoms with E-state index < -0.39 is 24.4 Å². The molecular formula is C25H26N2O5. The van der Waals surface area contributed by atoms with Crippen LogP contribution in [0.2, 0.25) is 0 Å². The van der Waals surface area contributed by atoms with Gasteiger partial charge in [-0.15, -0.1) is 0 Å². The van der Waals surface area contributed by atoms with Crippen molar-refractivity contribution in [3.8, 4) is 5.69 Å². The van der Waals surface area contributed by atoms with Gasteiger partial charge in [-0.1, -0.05) is 25.1 Å². The Morgan fingerprint density at radius 2 is 1.94 bits per heavy atom. The Kier molecular flexibility index (Phi) is 6.60. The Bertz CT molecular complexity index is 1140. The Balaban J connectivity index is 1.61. The number of Topliss-reactive ketones (excluding diaryl/α,β-unsaturated/α-hetero) is 1. The summed E-state index contributed by atoms with van der Waals surface area (Å²) in [5.74, 6) is -0.321. The summed E-state index contributed by atoms with van der Waals surface area (Å²) in [6.45, 7) is 1.88. The van der Waals surface area contributed by atoms with Gasteiger partial charge in [-0.2, -0.15) is 0 Å². The normalized spacial score (nSPS) is 23.1. The van der Waals surface area contributed by atoms with Gasteiger partial charge in [0.1, 0.15) is 6.10 Å². The van der Waals surface area contributed by atoms with Gasteiger partial charge in [-0.05, 0) is 47.9 Å². The highest BCUT2D eigenvalue weighted by Crippen LogP contribution is 2.34. The van der Waals surface area contributed by atoms with E-state index in [1.54, 1.807) is 42.9 Å². The largest absolute Gasteiger partial charge is 0.390 e. The van der Waals surface area contributed by atoms with Crippen LogP contribution in [0.25, 0.3) is 5.69 Å². The number of hydrogen-bond acceptors (Lipinski definition) is 6. The summed E-state index contributed by atoms with van der Waals surface area (Å²) in [7, 11) is 0. The topological polar surface area (TPSA) is 102 Å². The lowest BCUT2D eigenvalue weighted by Crippen LogP contribution is -2.45. The van der Waals surface area contributed by atoms with Crippen LogP contribution in [0.1, 0.15) is 47.4 Å². The van der Waals surface area contributed by atoms with Crippen molar-refractivity contribution in [3.05, 3.63) is 94.2 Å². The number of ether oxygens (including phenoxy) is 1. The standard InChI is InChI=1S/C25H26N2O5/c1-2-22-24(30)21(29)14-23(32-22)18-10-11-26-15-16(18)13-20(28)19-9-6-12-27(25(19)31)17-7-4-3-5-8-17/h3-12,15,21-24,29-30H,2,13-14H2,1H3/t21-,22-,23-,24+/m1/s1. The molecule has 4 atom stereocenters. The second kappa shape index (κ2) is 9.56. The van der Waals surface area contributed by atoms with Crippen molar-refractivity contribution < 1.29 is 19.7 Å². The van der Waals surface area contributed by atoms with E-state index in [0.29, 0.717) is 17.7 Å². The van der Waals surface area contributed by atoms with E-state index in [1.807, 2.05) is 25.1 Å². The highest BCUT2D eigenvalue weighted by molar-refractivity contribution is 5.97. The van der Waals surface area contributed by atoms with Crippen LogP contribution in [0.3, 0.4) is 0 Å². The number of rotatable bonds is 6. The molecule has 3 aromatic rings.